The standard InChI is InChI=1S/C16H17NO3/c18-15(13-9-5-2-6-10-13)14(16(19)20)17-11-12-7-3-1-4-8-12/h1-10,14-15,17-18H,11H2,(H,19,20). The van der Waals surface area contributed by atoms with Crippen LogP contribution in [0.3, 0.4) is 0 Å². The smallest absolute Gasteiger partial charge is 0.323 e. The summed E-state index contributed by atoms with van der Waals surface area (Å²) in [5.41, 5.74) is 1.56. The van der Waals surface area contributed by atoms with E-state index < -0.39 is 18.1 Å². The van der Waals surface area contributed by atoms with E-state index in [9.17, 15) is 15.0 Å². The molecule has 2 aromatic carbocycles. The molecular weight excluding hydrogens is 254 g/mol. The first-order chi connectivity index (χ1) is 9.68. The van der Waals surface area contributed by atoms with Crippen LogP contribution in [0.25, 0.3) is 0 Å². The summed E-state index contributed by atoms with van der Waals surface area (Å²) < 4.78 is 0. The summed E-state index contributed by atoms with van der Waals surface area (Å²) >= 11 is 0. The number of carboxylic acid groups (broad SMARTS) is 1. The van der Waals surface area contributed by atoms with Gasteiger partial charge in [0.1, 0.15) is 12.1 Å². The normalized spacial score (nSPS) is 13.7. The Morgan fingerprint density at radius 1 is 1.00 bits per heavy atom. The van der Waals surface area contributed by atoms with E-state index in [4.69, 9.17) is 0 Å². The summed E-state index contributed by atoms with van der Waals surface area (Å²) in [6, 6.07) is 17.2. The Labute approximate surface area is 117 Å². The molecule has 0 saturated carbocycles. The molecule has 20 heavy (non-hydrogen) atoms. The number of nitrogens with one attached hydrogen (secondary N) is 1. The Hall–Kier alpha value is -2.17. The molecule has 0 aliphatic heterocycles. The van der Waals surface area contributed by atoms with Crippen molar-refractivity contribution in [3.63, 3.8) is 0 Å². The lowest BCUT2D eigenvalue weighted by molar-refractivity contribution is -0.142. The zero-order valence-corrected chi connectivity index (χ0v) is 10.9. The molecule has 2 aromatic rings. The van der Waals surface area contributed by atoms with Gasteiger partial charge in [-0.2, -0.15) is 0 Å². The zero-order valence-electron chi connectivity index (χ0n) is 10.9. The van der Waals surface area contributed by atoms with Crippen molar-refractivity contribution < 1.29 is 15.0 Å². The summed E-state index contributed by atoms with van der Waals surface area (Å²) in [5, 5.41) is 22.3. The molecule has 3 N–H and O–H groups in total. The van der Waals surface area contributed by atoms with Gasteiger partial charge in [-0.3, -0.25) is 10.1 Å². The van der Waals surface area contributed by atoms with Crippen LogP contribution in [0.4, 0.5) is 0 Å². The maximum absolute atomic E-state index is 11.3. The molecule has 0 fully saturated rings. The lowest BCUT2D eigenvalue weighted by Gasteiger charge is -2.20. The summed E-state index contributed by atoms with van der Waals surface area (Å²) in [5.74, 6) is -1.07. The van der Waals surface area contributed by atoms with Crippen LogP contribution in [0.15, 0.2) is 60.7 Å². The van der Waals surface area contributed by atoms with Crippen molar-refractivity contribution in [3.05, 3.63) is 71.8 Å². The average Bonchev–Trinajstić information content (AvgIpc) is 2.49. The molecule has 4 nitrogen and oxygen atoms in total. The molecule has 2 atom stereocenters. The minimum atomic E-state index is -1.09. The second kappa shape index (κ2) is 6.84. The highest BCUT2D eigenvalue weighted by molar-refractivity contribution is 5.74. The third-order valence-electron chi connectivity index (χ3n) is 3.09. The van der Waals surface area contributed by atoms with Gasteiger partial charge in [0.2, 0.25) is 0 Å². The van der Waals surface area contributed by atoms with Crippen LogP contribution in [0, 0.1) is 0 Å². The molecule has 0 aliphatic carbocycles. The first kappa shape index (κ1) is 14.2. The molecule has 4 heteroatoms. The minimum Gasteiger partial charge on any atom is -0.480 e. The number of rotatable bonds is 6. The van der Waals surface area contributed by atoms with Crippen molar-refractivity contribution in [1.29, 1.82) is 0 Å². The molecule has 0 amide bonds. The summed E-state index contributed by atoms with van der Waals surface area (Å²) in [4.78, 5) is 11.3. The van der Waals surface area contributed by atoms with E-state index in [0.29, 0.717) is 12.1 Å². The number of aliphatic carboxylic acids is 1. The van der Waals surface area contributed by atoms with Gasteiger partial charge in [0.05, 0.1) is 0 Å². The van der Waals surface area contributed by atoms with E-state index in [-0.39, 0.29) is 0 Å². The number of aliphatic hydroxyl groups is 1. The summed E-state index contributed by atoms with van der Waals surface area (Å²) in [6.07, 6.45) is -1.09. The monoisotopic (exact) mass is 271 g/mol. The Bertz CT molecular complexity index is 542. The van der Waals surface area contributed by atoms with Crippen molar-refractivity contribution >= 4 is 5.97 Å². The highest BCUT2D eigenvalue weighted by Crippen LogP contribution is 2.17. The first-order valence-corrected chi connectivity index (χ1v) is 6.41. The lowest BCUT2D eigenvalue weighted by Crippen LogP contribution is -2.41. The Morgan fingerprint density at radius 3 is 2.10 bits per heavy atom. The Kier molecular flexibility index (Phi) is 4.87. The maximum Gasteiger partial charge on any atom is 0.323 e. The van der Waals surface area contributed by atoms with Crippen LogP contribution in [-0.4, -0.2) is 22.2 Å². The van der Waals surface area contributed by atoms with Gasteiger partial charge in [-0.1, -0.05) is 60.7 Å². The minimum absolute atomic E-state index is 0.391. The van der Waals surface area contributed by atoms with Crippen LogP contribution < -0.4 is 5.32 Å². The van der Waals surface area contributed by atoms with Crippen LogP contribution in [-0.2, 0) is 11.3 Å². The third kappa shape index (κ3) is 3.66. The fourth-order valence-electron chi connectivity index (χ4n) is 2.00. The second-order valence-corrected chi connectivity index (χ2v) is 4.54. The van der Waals surface area contributed by atoms with E-state index in [1.54, 1.807) is 24.3 Å². The van der Waals surface area contributed by atoms with Gasteiger partial charge in [0.25, 0.3) is 0 Å². The van der Waals surface area contributed by atoms with E-state index in [1.165, 1.54) is 0 Å². The van der Waals surface area contributed by atoms with Crippen molar-refractivity contribution in [1.82, 2.24) is 5.32 Å². The molecule has 0 aliphatic rings. The van der Waals surface area contributed by atoms with Gasteiger partial charge in [-0.05, 0) is 11.1 Å². The zero-order chi connectivity index (χ0) is 14.4. The summed E-state index contributed by atoms with van der Waals surface area (Å²) in [6.45, 7) is 0.391. The van der Waals surface area contributed by atoms with Crippen LogP contribution >= 0.6 is 0 Å². The predicted molar refractivity (Wildman–Crippen MR) is 76.1 cm³/mol. The maximum atomic E-state index is 11.3. The molecule has 0 radical (unpaired) electrons. The lowest BCUT2D eigenvalue weighted by atomic mass is 10.0. The Balaban J connectivity index is 2.06. The number of aliphatic hydroxyl groups excluding tert-OH is 1. The largest absolute Gasteiger partial charge is 0.480 e. The second-order valence-electron chi connectivity index (χ2n) is 4.54. The van der Waals surface area contributed by atoms with Gasteiger partial charge in [-0.15, -0.1) is 0 Å². The molecule has 0 aromatic heterocycles. The van der Waals surface area contributed by atoms with Crippen molar-refractivity contribution in [2.24, 2.45) is 0 Å². The molecule has 0 spiro atoms. The molecule has 2 rings (SSSR count). The highest BCUT2D eigenvalue weighted by atomic mass is 16.4. The highest BCUT2D eigenvalue weighted by Gasteiger charge is 2.27. The van der Waals surface area contributed by atoms with Gasteiger partial charge in [0, 0.05) is 6.54 Å². The molecular formula is C16H17NO3. The van der Waals surface area contributed by atoms with Crippen LogP contribution in [0.5, 0.6) is 0 Å². The molecule has 104 valence electrons. The third-order valence-corrected chi connectivity index (χ3v) is 3.09. The fraction of sp³-hybridized carbons (Fsp3) is 0.188. The van der Waals surface area contributed by atoms with E-state index in [1.807, 2.05) is 36.4 Å². The van der Waals surface area contributed by atoms with Gasteiger partial charge >= 0.3 is 5.97 Å². The summed E-state index contributed by atoms with van der Waals surface area (Å²) in [7, 11) is 0. The van der Waals surface area contributed by atoms with Crippen molar-refractivity contribution in [3.8, 4) is 0 Å². The SMILES string of the molecule is O=C(O)C(NCc1ccccc1)C(O)c1ccccc1. The van der Waals surface area contributed by atoms with Gasteiger partial charge in [0.15, 0.2) is 0 Å². The van der Waals surface area contributed by atoms with Gasteiger partial charge < -0.3 is 10.2 Å². The number of hydrogen-bond acceptors (Lipinski definition) is 3. The Morgan fingerprint density at radius 2 is 1.55 bits per heavy atom. The molecule has 0 bridgehead atoms. The van der Waals surface area contributed by atoms with Gasteiger partial charge in [-0.25, -0.2) is 0 Å². The van der Waals surface area contributed by atoms with E-state index >= 15 is 0 Å². The van der Waals surface area contributed by atoms with Crippen LogP contribution in [0.2, 0.25) is 0 Å². The first-order valence-electron chi connectivity index (χ1n) is 6.41. The van der Waals surface area contributed by atoms with Crippen LogP contribution in [0.1, 0.15) is 17.2 Å². The molecule has 0 saturated heterocycles. The number of carbonyl (C=O) groups is 1. The number of hydrogen-bond donors (Lipinski definition) is 3. The van der Waals surface area contributed by atoms with Crippen molar-refractivity contribution in [2.75, 3.05) is 0 Å². The number of benzene rings is 2. The predicted octanol–water partition coefficient (Wildman–Crippen LogP) is 1.96. The average molecular weight is 271 g/mol. The van der Waals surface area contributed by atoms with E-state index in [0.717, 1.165) is 5.56 Å². The van der Waals surface area contributed by atoms with E-state index in [2.05, 4.69) is 5.32 Å². The molecule has 2 unspecified atom stereocenters. The van der Waals surface area contributed by atoms with Crippen molar-refractivity contribution in [2.45, 2.75) is 18.7 Å². The topological polar surface area (TPSA) is 69.6 Å². The molecule has 0 heterocycles. The number of carboxylic acids is 1. The quantitative estimate of drug-likeness (QED) is 0.751. The fourth-order valence-corrected chi connectivity index (χ4v) is 2.00.